The first-order valence-electron chi connectivity index (χ1n) is 7.17. The Hall–Kier alpha value is -0.710. The lowest BCUT2D eigenvalue weighted by Crippen LogP contribution is -2.38. The Balaban J connectivity index is 1.89. The lowest BCUT2D eigenvalue weighted by molar-refractivity contribution is 0.199. The van der Waals surface area contributed by atoms with Crippen LogP contribution in [0.15, 0.2) is 12.4 Å². The van der Waals surface area contributed by atoms with E-state index >= 15 is 0 Å². The summed E-state index contributed by atoms with van der Waals surface area (Å²) in [6.07, 6.45) is 7.21. The third-order valence-electron chi connectivity index (χ3n) is 3.51. The summed E-state index contributed by atoms with van der Waals surface area (Å²) < 4.78 is 0. The van der Waals surface area contributed by atoms with Gasteiger partial charge in [0.15, 0.2) is 0 Å². The molecule has 1 aliphatic rings. The zero-order chi connectivity index (χ0) is 13.5. The molecule has 1 N–H and O–H groups in total. The number of hydrogen-bond acceptors (Lipinski definition) is 4. The third-order valence-corrected chi connectivity index (χ3v) is 3.71. The molecule has 1 saturated heterocycles. The second kappa shape index (κ2) is 7.78. The summed E-state index contributed by atoms with van der Waals surface area (Å²) in [5.41, 5.74) is 1.00. The van der Waals surface area contributed by atoms with E-state index in [0.29, 0.717) is 5.15 Å². The van der Waals surface area contributed by atoms with E-state index in [2.05, 4.69) is 27.1 Å². The summed E-state index contributed by atoms with van der Waals surface area (Å²) in [6.45, 7) is 7.67. The van der Waals surface area contributed by atoms with E-state index in [-0.39, 0.29) is 0 Å². The molecule has 0 bridgehead atoms. The van der Waals surface area contributed by atoms with E-state index in [1.165, 1.54) is 25.8 Å². The number of nitrogens with one attached hydrogen (secondary N) is 1. The molecule has 1 unspecified atom stereocenters. The van der Waals surface area contributed by atoms with Crippen molar-refractivity contribution in [2.45, 2.75) is 32.7 Å². The van der Waals surface area contributed by atoms with E-state index in [1.807, 2.05) is 0 Å². The molecule has 2 rings (SSSR count). The van der Waals surface area contributed by atoms with Gasteiger partial charge in [-0.1, -0.05) is 18.5 Å². The molecule has 1 fully saturated rings. The van der Waals surface area contributed by atoms with Gasteiger partial charge in [-0.3, -0.25) is 9.88 Å². The highest BCUT2D eigenvalue weighted by Crippen LogP contribution is 2.14. The molecule has 1 aliphatic heterocycles. The van der Waals surface area contributed by atoms with Crippen LogP contribution in [0.25, 0.3) is 0 Å². The molecule has 0 aromatic carbocycles. The van der Waals surface area contributed by atoms with E-state index < -0.39 is 0 Å². The largest absolute Gasteiger partial charge is 0.316 e. The number of nitrogens with zero attached hydrogens (tertiary/aromatic N) is 3. The van der Waals surface area contributed by atoms with Gasteiger partial charge in [0.25, 0.3) is 0 Å². The molecule has 0 amide bonds. The van der Waals surface area contributed by atoms with Gasteiger partial charge < -0.3 is 5.32 Å². The van der Waals surface area contributed by atoms with Crippen molar-refractivity contribution in [2.75, 3.05) is 26.2 Å². The van der Waals surface area contributed by atoms with Crippen molar-refractivity contribution in [1.29, 1.82) is 0 Å². The zero-order valence-electron chi connectivity index (χ0n) is 11.6. The Bertz CT molecular complexity index is 362. The standard InChI is InChI=1S/C14H23ClN4/c1-2-6-19(10-12-4-3-5-16-7-12)11-13-8-18-14(15)9-17-13/h8-9,12,16H,2-7,10-11H2,1H3. The number of hydrogen-bond donors (Lipinski definition) is 1. The van der Waals surface area contributed by atoms with E-state index in [9.17, 15) is 0 Å². The van der Waals surface area contributed by atoms with Gasteiger partial charge in [-0.2, -0.15) is 0 Å². The Kier molecular flexibility index (Phi) is 6.01. The number of rotatable bonds is 6. The summed E-state index contributed by atoms with van der Waals surface area (Å²) in [7, 11) is 0. The highest BCUT2D eigenvalue weighted by atomic mass is 35.5. The summed E-state index contributed by atoms with van der Waals surface area (Å²) in [4.78, 5) is 10.9. The molecule has 0 radical (unpaired) electrons. The fourth-order valence-corrected chi connectivity index (χ4v) is 2.74. The molecule has 0 saturated carbocycles. The van der Waals surface area contributed by atoms with Crippen molar-refractivity contribution in [1.82, 2.24) is 20.2 Å². The van der Waals surface area contributed by atoms with Crippen LogP contribution in [-0.2, 0) is 6.54 Å². The summed E-state index contributed by atoms with van der Waals surface area (Å²) in [5.74, 6) is 0.764. The predicted molar refractivity (Wildman–Crippen MR) is 78.2 cm³/mol. The van der Waals surface area contributed by atoms with Crippen LogP contribution < -0.4 is 5.32 Å². The topological polar surface area (TPSA) is 41.1 Å². The minimum atomic E-state index is 0.460. The molecule has 4 nitrogen and oxygen atoms in total. The van der Waals surface area contributed by atoms with Crippen LogP contribution in [0.3, 0.4) is 0 Å². The predicted octanol–water partition coefficient (Wildman–Crippen LogP) is 2.34. The van der Waals surface area contributed by atoms with E-state index in [0.717, 1.165) is 37.8 Å². The van der Waals surface area contributed by atoms with Crippen LogP contribution in [0.2, 0.25) is 5.15 Å². The van der Waals surface area contributed by atoms with Crippen molar-refractivity contribution < 1.29 is 0 Å². The van der Waals surface area contributed by atoms with Crippen LogP contribution in [-0.4, -0.2) is 41.0 Å². The van der Waals surface area contributed by atoms with Gasteiger partial charge in [0, 0.05) is 13.1 Å². The molecule has 1 aromatic rings. The summed E-state index contributed by atoms with van der Waals surface area (Å²) in [5, 5.41) is 3.94. The maximum Gasteiger partial charge on any atom is 0.147 e. The van der Waals surface area contributed by atoms with Crippen molar-refractivity contribution in [3.63, 3.8) is 0 Å². The van der Waals surface area contributed by atoms with Gasteiger partial charge in [-0.15, -0.1) is 0 Å². The molecule has 2 heterocycles. The molecule has 1 aromatic heterocycles. The third kappa shape index (κ3) is 5.05. The van der Waals surface area contributed by atoms with Gasteiger partial charge in [-0.25, -0.2) is 4.98 Å². The quantitative estimate of drug-likeness (QED) is 0.870. The lowest BCUT2D eigenvalue weighted by atomic mass is 9.99. The second-order valence-electron chi connectivity index (χ2n) is 5.28. The Morgan fingerprint density at radius 2 is 2.32 bits per heavy atom. The Labute approximate surface area is 120 Å². The highest BCUT2D eigenvalue weighted by Gasteiger charge is 2.17. The van der Waals surface area contributed by atoms with Crippen LogP contribution in [0.1, 0.15) is 31.9 Å². The maximum absolute atomic E-state index is 5.77. The first-order chi connectivity index (χ1) is 9.28. The van der Waals surface area contributed by atoms with Gasteiger partial charge >= 0.3 is 0 Å². The van der Waals surface area contributed by atoms with Crippen LogP contribution in [0.4, 0.5) is 0 Å². The molecule has 19 heavy (non-hydrogen) atoms. The van der Waals surface area contributed by atoms with Gasteiger partial charge in [-0.05, 0) is 44.8 Å². The molecule has 5 heteroatoms. The molecule has 106 valence electrons. The summed E-state index contributed by atoms with van der Waals surface area (Å²) >= 11 is 5.77. The van der Waals surface area contributed by atoms with Crippen molar-refractivity contribution in [3.8, 4) is 0 Å². The summed E-state index contributed by atoms with van der Waals surface area (Å²) in [6, 6.07) is 0. The van der Waals surface area contributed by atoms with Crippen LogP contribution in [0, 0.1) is 5.92 Å². The minimum absolute atomic E-state index is 0.460. The minimum Gasteiger partial charge on any atom is -0.316 e. The fourth-order valence-electron chi connectivity index (χ4n) is 2.65. The number of piperidine rings is 1. The van der Waals surface area contributed by atoms with Crippen molar-refractivity contribution >= 4 is 11.6 Å². The first kappa shape index (κ1) is 14.7. The monoisotopic (exact) mass is 282 g/mol. The van der Waals surface area contributed by atoms with E-state index in [1.54, 1.807) is 12.4 Å². The highest BCUT2D eigenvalue weighted by molar-refractivity contribution is 6.29. The molecular formula is C14H23ClN4. The zero-order valence-corrected chi connectivity index (χ0v) is 12.4. The van der Waals surface area contributed by atoms with Crippen LogP contribution in [0.5, 0.6) is 0 Å². The fraction of sp³-hybridized carbons (Fsp3) is 0.714. The van der Waals surface area contributed by atoms with Gasteiger partial charge in [0.1, 0.15) is 5.15 Å². The van der Waals surface area contributed by atoms with Gasteiger partial charge in [0.2, 0.25) is 0 Å². The normalized spacial score (nSPS) is 19.8. The average Bonchev–Trinajstić information content (AvgIpc) is 2.43. The molecule has 1 atom stereocenters. The van der Waals surface area contributed by atoms with E-state index in [4.69, 9.17) is 11.6 Å². The smallest absolute Gasteiger partial charge is 0.147 e. The van der Waals surface area contributed by atoms with Crippen molar-refractivity contribution in [3.05, 3.63) is 23.2 Å². The maximum atomic E-state index is 5.77. The van der Waals surface area contributed by atoms with Crippen molar-refractivity contribution in [2.24, 2.45) is 5.92 Å². The molecular weight excluding hydrogens is 260 g/mol. The molecule has 0 aliphatic carbocycles. The average molecular weight is 283 g/mol. The SMILES string of the molecule is CCCN(Cc1cnc(Cl)cn1)CC1CCCNC1. The Morgan fingerprint density at radius 1 is 1.42 bits per heavy atom. The second-order valence-corrected chi connectivity index (χ2v) is 5.67. The number of halogens is 1. The number of aromatic nitrogens is 2. The lowest BCUT2D eigenvalue weighted by Gasteiger charge is -2.29. The van der Waals surface area contributed by atoms with Gasteiger partial charge in [0.05, 0.1) is 18.1 Å². The molecule has 0 spiro atoms. The van der Waals surface area contributed by atoms with Crippen LogP contribution >= 0.6 is 11.6 Å². The Morgan fingerprint density at radius 3 is 2.95 bits per heavy atom. The first-order valence-corrected chi connectivity index (χ1v) is 7.55.